The molecule has 110 valence electrons. The predicted octanol–water partition coefficient (Wildman–Crippen LogP) is 2.96. The zero-order valence-electron chi connectivity index (χ0n) is 10.7. The van der Waals surface area contributed by atoms with Gasteiger partial charge in [0, 0.05) is 11.1 Å². The Bertz CT molecular complexity index is 513. The summed E-state index contributed by atoms with van der Waals surface area (Å²) in [7, 11) is 0. The fourth-order valence-electron chi connectivity index (χ4n) is 4.78. The smallest absolute Gasteiger partial charge is 0.271 e. The maximum Gasteiger partial charge on any atom is 0.443 e. The molecule has 1 aromatic heterocycles. The van der Waals surface area contributed by atoms with Gasteiger partial charge >= 0.3 is 6.18 Å². The molecule has 5 unspecified atom stereocenters. The van der Waals surface area contributed by atoms with E-state index in [1.165, 1.54) is 25.5 Å². The van der Waals surface area contributed by atoms with Crippen molar-refractivity contribution in [2.45, 2.75) is 31.5 Å². The summed E-state index contributed by atoms with van der Waals surface area (Å²) >= 11 is 0.724. The Labute approximate surface area is 118 Å². The largest absolute Gasteiger partial charge is 0.443 e. The monoisotopic (exact) mass is 303 g/mol. The minimum Gasteiger partial charge on any atom is -0.271 e. The zero-order valence-corrected chi connectivity index (χ0v) is 11.5. The Balaban J connectivity index is 1.56. The summed E-state index contributed by atoms with van der Waals surface area (Å²) in [5.41, 5.74) is 2.75. The van der Waals surface area contributed by atoms with Crippen molar-refractivity contribution in [2.75, 3.05) is 0 Å². The van der Waals surface area contributed by atoms with Gasteiger partial charge in [0.05, 0.1) is 6.04 Å². The molecule has 0 spiro atoms. The van der Waals surface area contributed by atoms with Gasteiger partial charge in [-0.1, -0.05) is 0 Å². The molecule has 0 saturated heterocycles. The van der Waals surface area contributed by atoms with Gasteiger partial charge in [-0.25, -0.2) is 4.98 Å². The summed E-state index contributed by atoms with van der Waals surface area (Å²) in [4.78, 5) is 4.14. The summed E-state index contributed by atoms with van der Waals surface area (Å²) in [6, 6.07) is -0.165. The van der Waals surface area contributed by atoms with E-state index < -0.39 is 11.2 Å². The molecule has 0 aromatic carbocycles. The van der Waals surface area contributed by atoms with Crippen LogP contribution in [0.1, 0.15) is 35.2 Å². The van der Waals surface area contributed by atoms with Crippen LogP contribution >= 0.6 is 11.3 Å². The highest BCUT2D eigenvalue weighted by atomic mass is 32.1. The summed E-state index contributed by atoms with van der Waals surface area (Å²) in [6.45, 7) is 0. The summed E-state index contributed by atoms with van der Waals surface area (Å²) in [5, 5.41) is -0.776. The number of fused-ring (bicyclic) bond motifs is 5. The third-order valence-corrected chi connectivity index (χ3v) is 6.56. The molecule has 3 N–H and O–H groups in total. The highest BCUT2D eigenvalue weighted by Gasteiger charge is 2.67. The van der Waals surface area contributed by atoms with Gasteiger partial charge in [-0.2, -0.15) is 13.2 Å². The van der Waals surface area contributed by atoms with Gasteiger partial charge in [0.2, 0.25) is 0 Å². The van der Waals surface area contributed by atoms with E-state index in [2.05, 4.69) is 10.4 Å². The van der Waals surface area contributed by atoms with Crippen molar-refractivity contribution in [1.82, 2.24) is 10.4 Å². The number of nitrogens with two attached hydrogens (primary N) is 1. The van der Waals surface area contributed by atoms with Crippen LogP contribution in [0.25, 0.3) is 0 Å². The van der Waals surface area contributed by atoms with Crippen molar-refractivity contribution in [3.63, 3.8) is 0 Å². The lowest BCUT2D eigenvalue weighted by molar-refractivity contribution is -0.137. The fraction of sp³-hybridized carbons (Fsp3) is 0.769. The van der Waals surface area contributed by atoms with E-state index in [-0.39, 0.29) is 6.04 Å². The molecule has 0 amide bonds. The molecule has 2 bridgehead atoms. The number of nitrogens with one attached hydrogen (secondary N) is 1. The van der Waals surface area contributed by atoms with Crippen LogP contribution in [0, 0.1) is 29.6 Å². The number of hydrazine groups is 1. The van der Waals surface area contributed by atoms with Crippen LogP contribution in [0.15, 0.2) is 6.20 Å². The second-order valence-corrected chi connectivity index (χ2v) is 7.34. The highest BCUT2D eigenvalue weighted by Crippen LogP contribution is 2.72. The van der Waals surface area contributed by atoms with E-state index in [9.17, 15) is 13.2 Å². The molecular formula is C13H16F3N3S. The lowest BCUT2D eigenvalue weighted by Crippen LogP contribution is -2.30. The van der Waals surface area contributed by atoms with Crippen LogP contribution in [0.5, 0.6) is 0 Å². The summed E-state index contributed by atoms with van der Waals surface area (Å²) < 4.78 is 37.9. The van der Waals surface area contributed by atoms with Crippen molar-refractivity contribution in [1.29, 1.82) is 0 Å². The number of nitrogens with zero attached hydrogens (tertiary/aromatic N) is 1. The van der Waals surface area contributed by atoms with Crippen LogP contribution in [0.2, 0.25) is 0 Å². The molecule has 0 radical (unpaired) electrons. The molecule has 3 aliphatic rings. The van der Waals surface area contributed by atoms with Crippen molar-refractivity contribution < 1.29 is 13.2 Å². The highest BCUT2D eigenvalue weighted by molar-refractivity contribution is 7.11. The predicted molar refractivity (Wildman–Crippen MR) is 68.5 cm³/mol. The minimum atomic E-state index is -4.36. The number of hydrogen-bond acceptors (Lipinski definition) is 4. The second-order valence-electron chi connectivity index (χ2n) is 6.28. The lowest BCUT2D eigenvalue weighted by Gasteiger charge is -2.18. The van der Waals surface area contributed by atoms with E-state index in [0.29, 0.717) is 22.6 Å². The number of halogens is 3. The van der Waals surface area contributed by atoms with E-state index in [4.69, 9.17) is 5.84 Å². The Hall–Kier alpha value is -0.660. The number of aromatic nitrogens is 1. The molecule has 3 fully saturated rings. The number of rotatable bonds is 3. The van der Waals surface area contributed by atoms with Gasteiger partial charge in [-0.05, 0) is 48.9 Å². The first-order valence-electron chi connectivity index (χ1n) is 6.99. The van der Waals surface area contributed by atoms with Gasteiger partial charge in [0.25, 0.3) is 0 Å². The number of thiazole rings is 1. The lowest BCUT2D eigenvalue weighted by atomic mass is 9.97. The third-order valence-electron chi connectivity index (χ3n) is 5.43. The van der Waals surface area contributed by atoms with Crippen LogP contribution in [-0.4, -0.2) is 4.98 Å². The van der Waals surface area contributed by atoms with Crippen molar-refractivity contribution in [3.05, 3.63) is 16.1 Å². The molecule has 0 aliphatic heterocycles. The quantitative estimate of drug-likeness (QED) is 0.667. The Morgan fingerprint density at radius 3 is 2.45 bits per heavy atom. The standard InChI is InChI=1S/C13H16F3N3S/c14-13(15,16)12-18-4-7(20-12)11(19-17)10-8-5-1-2-6(3-5)9(8)10/h4-6,8-11,19H,1-3,17H2. The van der Waals surface area contributed by atoms with Crippen molar-refractivity contribution >= 4 is 11.3 Å². The minimum absolute atomic E-state index is 0.165. The van der Waals surface area contributed by atoms with Crippen LogP contribution in [0.3, 0.4) is 0 Å². The van der Waals surface area contributed by atoms with Crippen LogP contribution in [0.4, 0.5) is 13.2 Å². The van der Waals surface area contributed by atoms with Crippen LogP contribution < -0.4 is 11.3 Å². The second kappa shape index (κ2) is 4.18. The van der Waals surface area contributed by atoms with Gasteiger partial charge in [0.1, 0.15) is 0 Å². The Morgan fingerprint density at radius 1 is 1.30 bits per heavy atom. The van der Waals surface area contributed by atoms with E-state index in [1.807, 2.05) is 0 Å². The molecule has 7 heteroatoms. The maximum atomic E-state index is 12.6. The molecule has 4 rings (SSSR count). The molecule has 3 saturated carbocycles. The third kappa shape index (κ3) is 1.76. The first kappa shape index (κ1) is 13.0. The molecule has 20 heavy (non-hydrogen) atoms. The molecule has 5 atom stereocenters. The molecular weight excluding hydrogens is 287 g/mol. The van der Waals surface area contributed by atoms with Gasteiger partial charge < -0.3 is 0 Å². The normalized spacial score (nSPS) is 39.9. The summed E-state index contributed by atoms with van der Waals surface area (Å²) in [5.74, 6) is 8.94. The average Bonchev–Trinajstić information content (AvgIpc) is 2.80. The van der Waals surface area contributed by atoms with Gasteiger partial charge in [-0.3, -0.25) is 11.3 Å². The molecule has 3 nitrogen and oxygen atoms in total. The van der Waals surface area contributed by atoms with Crippen LogP contribution in [-0.2, 0) is 6.18 Å². The number of alkyl halides is 3. The maximum absolute atomic E-state index is 12.6. The Morgan fingerprint density at radius 2 is 1.95 bits per heavy atom. The Kier molecular flexibility index (Phi) is 2.72. The first-order chi connectivity index (χ1) is 9.50. The molecule has 1 aromatic rings. The fourth-order valence-corrected chi connectivity index (χ4v) is 5.68. The molecule has 3 aliphatic carbocycles. The van der Waals surface area contributed by atoms with E-state index >= 15 is 0 Å². The average molecular weight is 303 g/mol. The topological polar surface area (TPSA) is 50.9 Å². The first-order valence-corrected chi connectivity index (χ1v) is 7.81. The zero-order chi connectivity index (χ0) is 14.1. The molecule has 1 heterocycles. The van der Waals surface area contributed by atoms with Gasteiger partial charge in [0.15, 0.2) is 5.01 Å². The number of hydrogen-bond donors (Lipinski definition) is 2. The van der Waals surface area contributed by atoms with E-state index in [1.54, 1.807) is 0 Å². The van der Waals surface area contributed by atoms with E-state index in [0.717, 1.165) is 23.2 Å². The van der Waals surface area contributed by atoms with Crippen molar-refractivity contribution in [3.8, 4) is 0 Å². The SMILES string of the molecule is NNC(c1cnc(C(F)(F)F)s1)C1C2C3CCC(C3)C21. The van der Waals surface area contributed by atoms with Crippen molar-refractivity contribution in [2.24, 2.45) is 35.4 Å². The summed E-state index contributed by atoms with van der Waals surface area (Å²) in [6.07, 6.45) is 0.875. The van der Waals surface area contributed by atoms with Gasteiger partial charge in [-0.15, -0.1) is 11.3 Å².